The standard InChI is InChI=1S/C15H20ClN3O3/c1-3-22-13(20)8-11-6-4-5-7-19(11)15(21)14-12(16)9-17-10(2)18-14/h9,11H,3-8H2,1-2H3/t11-/m1/s1. The van der Waals surface area contributed by atoms with E-state index in [4.69, 9.17) is 16.3 Å². The van der Waals surface area contributed by atoms with Crippen molar-refractivity contribution in [2.24, 2.45) is 0 Å². The van der Waals surface area contributed by atoms with E-state index in [2.05, 4.69) is 9.97 Å². The molecule has 1 aromatic rings. The average Bonchev–Trinajstić information content (AvgIpc) is 2.50. The minimum atomic E-state index is -0.280. The van der Waals surface area contributed by atoms with E-state index in [1.54, 1.807) is 18.7 Å². The number of halogens is 1. The molecule has 1 aromatic heterocycles. The molecule has 2 rings (SSSR count). The molecular formula is C15H20ClN3O3. The fourth-order valence-corrected chi connectivity index (χ4v) is 2.81. The van der Waals surface area contributed by atoms with E-state index in [9.17, 15) is 9.59 Å². The molecule has 6 nitrogen and oxygen atoms in total. The van der Waals surface area contributed by atoms with Gasteiger partial charge in [-0.1, -0.05) is 11.6 Å². The molecule has 22 heavy (non-hydrogen) atoms. The lowest BCUT2D eigenvalue weighted by Crippen LogP contribution is -2.45. The minimum absolute atomic E-state index is 0.161. The number of rotatable bonds is 4. The summed E-state index contributed by atoms with van der Waals surface area (Å²) in [7, 11) is 0. The number of carbonyl (C=O) groups excluding carboxylic acids is 2. The van der Waals surface area contributed by atoms with Crippen molar-refractivity contribution in [1.82, 2.24) is 14.9 Å². The van der Waals surface area contributed by atoms with Crippen molar-refractivity contribution in [3.05, 3.63) is 22.7 Å². The van der Waals surface area contributed by atoms with Crippen molar-refractivity contribution in [3.63, 3.8) is 0 Å². The van der Waals surface area contributed by atoms with Crippen molar-refractivity contribution in [2.45, 2.75) is 45.6 Å². The van der Waals surface area contributed by atoms with Crippen LogP contribution in [-0.4, -0.2) is 45.9 Å². The number of aryl methyl sites for hydroxylation is 1. The molecule has 1 aliphatic rings. The Balaban J connectivity index is 2.17. The molecule has 1 amide bonds. The van der Waals surface area contributed by atoms with Gasteiger partial charge in [0.25, 0.3) is 5.91 Å². The molecule has 0 bridgehead atoms. The van der Waals surface area contributed by atoms with Crippen LogP contribution in [0.2, 0.25) is 5.02 Å². The third-order valence-corrected chi connectivity index (χ3v) is 3.94. The smallest absolute Gasteiger partial charge is 0.307 e. The number of esters is 1. The Labute approximate surface area is 134 Å². The van der Waals surface area contributed by atoms with Gasteiger partial charge in [-0.15, -0.1) is 0 Å². The van der Waals surface area contributed by atoms with Crippen LogP contribution in [0.5, 0.6) is 0 Å². The summed E-state index contributed by atoms with van der Waals surface area (Å²) in [6.07, 6.45) is 4.33. The van der Waals surface area contributed by atoms with Gasteiger partial charge in [-0.2, -0.15) is 0 Å². The van der Waals surface area contributed by atoms with Crippen molar-refractivity contribution in [3.8, 4) is 0 Å². The lowest BCUT2D eigenvalue weighted by atomic mass is 9.99. The summed E-state index contributed by atoms with van der Waals surface area (Å²) < 4.78 is 4.99. The van der Waals surface area contributed by atoms with Gasteiger partial charge in [0.05, 0.1) is 24.2 Å². The first-order chi connectivity index (χ1) is 10.5. The van der Waals surface area contributed by atoms with Crippen LogP contribution in [0, 0.1) is 6.92 Å². The SMILES string of the molecule is CCOC(=O)C[C@H]1CCCCN1C(=O)c1nc(C)ncc1Cl. The van der Waals surface area contributed by atoms with Gasteiger partial charge >= 0.3 is 5.97 Å². The summed E-state index contributed by atoms with van der Waals surface area (Å²) in [4.78, 5) is 34.3. The number of hydrogen-bond acceptors (Lipinski definition) is 5. The molecule has 2 heterocycles. The van der Waals surface area contributed by atoms with Crippen LogP contribution in [0.3, 0.4) is 0 Å². The number of ether oxygens (including phenoxy) is 1. The molecule has 7 heteroatoms. The van der Waals surface area contributed by atoms with Gasteiger partial charge < -0.3 is 9.64 Å². The van der Waals surface area contributed by atoms with Gasteiger partial charge in [0, 0.05) is 12.6 Å². The second kappa shape index (κ2) is 7.54. The number of hydrogen-bond donors (Lipinski definition) is 0. The Hall–Kier alpha value is -1.69. The Morgan fingerprint density at radius 1 is 1.45 bits per heavy atom. The molecular weight excluding hydrogens is 306 g/mol. The predicted molar refractivity (Wildman–Crippen MR) is 81.7 cm³/mol. The summed E-state index contributed by atoms with van der Waals surface area (Å²) >= 11 is 6.05. The summed E-state index contributed by atoms with van der Waals surface area (Å²) in [6, 6.07) is -0.161. The van der Waals surface area contributed by atoms with Crippen LogP contribution < -0.4 is 0 Å². The molecule has 120 valence electrons. The Bertz CT molecular complexity index is 565. The van der Waals surface area contributed by atoms with E-state index in [-0.39, 0.29) is 35.1 Å². The molecule has 0 spiro atoms. The fourth-order valence-electron chi connectivity index (χ4n) is 2.63. The zero-order valence-electron chi connectivity index (χ0n) is 12.8. The maximum absolute atomic E-state index is 12.7. The van der Waals surface area contributed by atoms with Gasteiger partial charge in [-0.05, 0) is 33.1 Å². The van der Waals surface area contributed by atoms with Gasteiger partial charge in [0.2, 0.25) is 0 Å². The summed E-state index contributed by atoms with van der Waals surface area (Å²) in [5, 5.41) is 0.232. The quantitative estimate of drug-likeness (QED) is 0.795. The minimum Gasteiger partial charge on any atom is -0.466 e. The van der Waals surface area contributed by atoms with Gasteiger partial charge in [-0.25, -0.2) is 9.97 Å². The van der Waals surface area contributed by atoms with Crippen LogP contribution in [0.15, 0.2) is 6.20 Å². The zero-order chi connectivity index (χ0) is 16.1. The fraction of sp³-hybridized carbons (Fsp3) is 0.600. The highest BCUT2D eigenvalue weighted by molar-refractivity contribution is 6.33. The third-order valence-electron chi connectivity index (χ3n) is 3.66. The largest absolute Gasteiger partial charge is 0.466 e. The molecule has 0 unspecified atom stereocenters. The number of piperidine rings is 1. The summed E-state index contributed by atoms with van der Waals surface area (Å²) in [6.45, 7) is 4.42. The monoisotopic (exact) mass is 325 g/mol. The van der Waals surface area contributed by atoms with Crippen LogP contribution in [0.1, 0.15) is 48.9 Å². The Morgan fingerprint density at radius 3 is 2.95 bits per heavy atom. The highest BCUT2D eigenvalue weighted by Gasteiger charge is 2.31. The van der Waals surface area contributed by atoms with E-state index < -0.39 is 0 Å². The normalized spacial score (nSPS) is 18.1. The lowest BCUT2D eigenvalue weighted by molar-refractivity contribution is -0.144. The first-order valence-electron chi connectivity index (χ1n) is 7.48. The second-order valence-corrected chi connectivity index (χ2v) is 5.68. The van der Waals surface area contributed by atoms with Crippen molar-refractivity contribution >= 4 is 23.5 Å². The van der Waals surface area contributed by atoms with Crippen LogP contribution >= 0.6 is 11.6 Å². The molecule has 1 fully saturated rings. The topological polar surface area (TPSA) is 72.4 Å². The highest BCUT2D eigenvalue weighted by Crippen LogP contribution is 2.24. The number of nitrogens with zero attached hydrogens (tertiary/aromatic N) is 3. The molecule has 1 aliphatic heterocycles. The average molecular weight is 326 g/mol. The van der Waals surface area contributed by atoms with Gasteiger partial charge in [0.1, 0.15) is 5.82 Å². The van der Waals surface area contributed by atoms with E-state index in [0.29, 0.717) is 19.0 Å². The number of carbonyl (C=O) groups is 2. The number of aromatic nitrogens is 2. The van der Waals surface area contributed by atoms with Crippen LogP contribution in [-0.2, 0) is 9.53 Å². The lowest BCUT2D eigenvalue weighted by Gasteiger charge is -2.35. The van der Waals surface area contributed by atoms with E-state index >= 15 is 0 Å². The molecule has 0 aliphatic carbocycles. The Kier molecular flexibility index (Phi) is 5.71. The summed E-state index contributed by atoms with van der Waals surface area (Å²) in [5.74, 6) is -0.0339. The molecule has 0 radical (unpaired) electrons. The first-order valence-corrected chi connectivity index (χ1v) is 7.86. The van der Waals surface area contributed by atoms with Crippen LogP contribution in [0.25, 0.3) is 0 Å². The molecule has 1 atom stereocenters. The highest BCUT2D eigenvalue weighted by atomic mass is 35.5. The number of amides is 1. The third kappa shape index (κ3) is 3.94. The number of likely N-dealkylation sites (tertiary alicyclic amines) is 1. The van der Waals surface area contributed by atoms with Crippen molar-refractivity contribution in [1.29, 1.82) is 0 Å². The maximum Gasteiger partial charge on any atom is 0.307 e. The molecule has 1 saturated heterocycles. The van der Waals surface area contributed by atoms with Gasteiger partial charge in [0.15, 0.2) is 5.69 Å². The van der Waals surface area contributed by atoms with E-state index in [0.717, 1.165) is 19.3 Å². The summed E-state index contributed by atoms with van der Waals surface area (Å²) in [5.41, 5.74) is 0.199. The molecule has 0 saturated carbocycles. The second-order valence-electron chi connectivity index (χ2n) is 5.27. The molecule has 0 aromatic carbocycles. The van der Waals surface area contributed by atoms with Crippen molar-refractivity contribution in [2.75, 3.05) is 13.2 Å². The van der Waals surface area contributed by atoms with E-state index in [1.807, 2.05) is 0 Å². The first kappa shape index (κ1) is 16.7. The van der Waals surface area contributed by atoms with Crippen LogP contribution in [0.4, 0.5) is 0 Å². The predicted octanol–water partition coefficient (Wildman–Crippen LogP) is 2.39. The zero-order valence-corrected chi connectivity index (χ0v) is 13.6. The van der Waals surface area contributed by atoms with Gasteiger partial charge in [-0.3, -0.25) is 9.59 Å². The van der Waals surface area contributed by atoms with E-state index in [1.165, 1.54) is 6.20 Å². The maximum atomic E-state index is 12.7. The van der Waals surface area contributed by atoms with Crippen molar-refractivity contribution < 1.29 is 14.3 Å². The Morgan fingerprint density at radius 2 is 2.23 bits per heavy atom. The molecule has 0 N–H and O–H groups in total.